The number of nitrogens with zero attached hydrogens (tertiary/aromatic N) is 2. The van der Waals surface area contributed by atoms with Gasteiger partial charge in [0.15, 0.2) is 0 Å². The fourth-order valence-corrected chi connectivity index (χ4v) is 2.22. The van der Waals surface area contributed by atoms with Crippen LogP contribution in [0.5, 0.6) is 0 Å². The number of carbonyl (C=O) groups is 1. The summed E-state index contributed by atoms with van der Waals surface area (Å²) in [5, 5.41) is 18.0. The van der Waals surface area contributed by atoms with Crippen LogP contribution >= 0.6 is 11.3 Å². The smallest absolute Gasteiger partial charge is 0.316 e. The normalized spacial score (nSPS) is 11.5. The number of halogens is 1. The van der Waals surface area contributed by atoms with Crippen LogP contribution in [0.25, 0.3) is 10.6 Å². The first-order chi connectivity index (χ1) is 8.41. The third-order valence-corrected chi connectivity index (χ3v) is 3.88. The SMILES string of the molecule is CC(C)(C(=O)O)c1nnc(-c2ccc(F)cc2)s1. The van der Waals surface area contributed by atoms with Crippen LogP contribution < -0.4 is 0 Å². The Hall–Kier alpha value is -1.82. The summed E-state index contributed by atoms with van der Waals surface area (Å²) in [6, 6.07) is 5.85. The quantitative estimate of drug-likeness (QED) is 0.927. The van der Waals surface area contributed by atoms with Crippen LogP contribution in [0.15, 0.2) is 24.3 Å². The Morgan fingerprint density at radius 3 is 2.44 bits per heavy atom. The van der Waals surface area contributed by atoms with Gasteiger partial charge < -0.3 is 5.11 Å². The van der Waals surface area contributed by atoms with E-state index in [0.717, 1.165) is 5.56 Å². The van der Waals surface area contributed by atoms with Crippen LogP contribution in [0.4, 0.5) is 4.39 Å². The zero-order chi connectivity index (χ0) is 13.3. The lowest BCUT2D eigenvalue weighted by molar-refractivity contribution is -0.142. The Morgan fingerprint density at radius 1 is 1.28 bits per heavy atom. The molecule has 0 aliphatic carbocycles. The molecule has 0 bridgehead atoms. The van der Waals surface area contributed by atoms with Gasteiger partial charge in [0.25, 0.3) is 0 Å². The van der Waals surface area contributed by atoms with Crippen molar-refractivity contribution in [3.63, 3.8) is 0 Å². The second-order valence-corrected chi connectivity index (χ2v) is 5.33. The van der Waals surface area contributed by atoms with Crippen LogP contribution in [0.1, 0.15) is 18.9 Å². The second-order valence-electron chi connectivity index (χ2n) is 4.35. The van der Waals surface area contributed by atoms with E-state index in [9.17, 15) is 9.18 Å². The number of rotatable bonds is 3. The Labute approximate surface area is 107 Å². The van der Waals surface area contributed by atoms with Crippen molar-refractivity contribution in [2.45, 2.75) is 19.3 Å². The average molecular weight is 266 g/mol. The maximum Gasteiger partial charge on any atom is 0.316 e. The summed E-state index contributed by atoms with van der Waals surface area (Å²) in [5.74, 6) is -1.28. The first-order valence-electron chi connectivity index (χ1n) is 5.24. The molecule has 0 amide bonds. The molecule has 2 rings (SSSR count). The zero-order valence-corrected chi connectivity index (χ0v) is 10.7. The number of hydrogen-bond donors (Lipinski definition) is 1. The van der Waals surface area contributed by atoms with E-state index in [1.165, 1.54) is 23.5 Å². The van der Waals surface area contributed by atoms with Gasteiger partial charge in [0, 0.05) is 5.56 Å². The first-order valence-corrected chi connectivity index (χ1v) is 6.06. The average Bonchev–Trinajstić information content (AvgIpc) is 2.79. The summed E-state index contributed by atoms with van der Waals surface area (Å²) in [6.45, 7) is 3.15. The summed E-state index contributed by atoms with van der Waals surface area (Å²) in [5.41, 5.74) is -0.350. The van der Waals surface area contributed by atoms with Crippen molar-refractivity contribution in [1.82, 2.24) is 10.2 Å². The fraction of sp³-hybridized carbons (Fsp3) is 0.250. The molecule has 0 saturated carbocycles. The van der Waals surface area contributed by atoms with E-state index < -0.39 is 11.4 Å². The molecule has 0 atom stereocenters. The maximum atomic E-state index is 12.8. The van der Waals surface area contributed by atoms with Gasteiger partial charge in [-0.05, 0) is 38.1 Å². The molecule has 18 heavy (non-hydrogen) atoms. The maximum absolute atomic E-state index is 12.8. The van der Waals surface area contributed by atoms with E-state index in [1.54, 1.807) is 26.0 Å². The fourth-order valence-electron chi connectivity index (χ4n) is 1.28. The number of hydrogen-bond acceptors (Lipinski definition) is 4. The summed E-state index contributed by atoms with van der Waals surface area (Å²) >= 11 is 1.20. The van der Waals surface area contributed by atoms with Crippen LogP contribution in [-0.4, -0.2) is 21.3 Å². The summed E-state index contributed by atoms with van der Waals surface area (Å²) in [6.07, 6.45) is 0. The van der Waals surface area contributed by atoms with E-state index >= 15 is 0 Å². The minimum Gasteiger partial charge on any atom is -0.481 e. The molecular formula is C12H11FN2O2S. The van der Waals surface area contributed by atoms with Crippen molar-refractivity contribution in [2.24, 2.45) is 0 Å². The Kier molecular flexibility index (Phi) is 3.13. The Bertz CT molecular complexity index is 578. The Balaban J connectivity index is 2.37. The van der Waals surface area contributed by atoms with Gasteiger partial charge in [-0.15, -0.1) is 10.2 Å². The third-order valence-electron chi connectivity index (χ3n) is 2.59. The van der Waals surface area contributed by atoms with E-state index in [1.807, 2.05) is 0 Å². The highest BCUT2D eigenvalue weighted by Crippen LogP contribution is 2.31. The van der Waals surface area contributed by atoms with Crippen molar-refractivity contribution >= 4 is 17.3 Å². The summed E-state index contributed by atoms with van der Waals surface area (Å²) in [7, 11) is 0. The van der Waals surface area contributed by atoms with E-state index in [0.29, 0.717) is 10.0 Å². The lowest BCUT2D eigenvalue weighted by Gasteiger charge is -2.13. The van der Waals surface area contributed by atoms with Crippen molar-refractivity contribution in [3.05, 3.63) is 35.1 Å². The first kappa shape index (κ1) is 12.6. The van der Waals surface area contributed by atoms with Gasteiger partial charge in [-0.1, -0.05) is 11.3 Å². The topological polar surface area (TPSA) is 63.1 Å². The van der Waals surface area contributed by atoms with Gasteiger partial charge in [-0.3, -0.25) is 4.79 Å². The van der Waals surface area contributed by atoms with Crippen LogP contribution in [0.2, 0.25) is 0 Å². The van der Waals surface area contributed by atoms with Crippen molar-refractivity contribution in [2.75, 3.05) is 0 Å². The van der Waals surface area contributed by atoms with Crippen LogP contribution in [0, 0.1) is 5.82 Å². The van der Waals surface area contributed by atoms with Crippen LogP contribution in [-0.2, 0) is 10.2 Å². The molecule has 0 aliphatic heterocycles. The largest absolute Gasteiger partial charge is 0.481 e. The molecule has 0 radical (unpaired) electrons. The highest BCUT2D eigenvalue weighted by atomic mass is 32.1. The van der Waals surface area contributed by atoms with E-state index in [2.05, 4.69) is 10.2 Å². The van der Waals surface area contributed by atoms with Gasteiger partial charge in [0.05, 0.1) is 0 Å². The van der Waals surface area contributed by atoms with E-state index in [-0.39, 0.29) is 5.82 Å². The van der Waals surface area contributed by atoms with Gasteiger partial charge in [0.1, 0.15) is 21.2 Å². The van der Waals surface area contributed by atoms with Crippen molar-refractivity contribution in [1.29, 1.82) is 0 Å². The van der Waals surface area contributed by atoms with Gasteiger partial charge >= 0.3 is 5.97 Å². The van der Waals surface area contributed by atoms with Gasteiger partial charge in [-0.25, -0.2) is 4.39 Å². The van der Waals surface area contributed by atoms with Crippen molar-refractivity contribution in [3.8, 4) is 10.6 Å². The molecule has 1 heterocycles. The molecule has 0 spiro atoms. The number of carboxylic acid groups (broad SMARTS) is 1. The molecule has 1 aromatic carbocycles. The van der Waals surface area contributed by atoms with E-state index in [4.69, 9.17) is 5.11 Å². The van der Waals surface area contributed by atoms with Crippen LogP contribution in [0.3, 0.4) is 0 Å². The molecule has 1 aromatic heterocycles. The lowest BCUT2D eigenvalue weighted by atomic mass is 9.95. The van der Waals surface area contributed by atoms with Crippen molar-refractivity contribution < 1.29 is 14.3 Å². The molecule has 0 saturated heterocycles. The zero-order valence-electron chi connectivity index (χ0n) is 9.85. The second kappa shape index (κ2) is 4.45. The molecule has 0 fully saturated rings. The molecule has 0 unspecified atom stereocenters. The molecular weight excluding hydrogens is 255 g/mol. The minimum absolute atomic E-state index is 0.325. The highest BCUT2D eigenvalue weighted by molar-refractivity contribution is 7.14. The molecule has 6 heteroatoms. The predicted molar refractivity (Wildman–Crippen MR) is 66.0 cm³/mol. The third kappa shape index (κ3) is 2.24. The molecule has 94 valence electrons. The number of carboxylic acids is 1. The monoisotopic (exact) mass is 266 g/mol. The summed E-state index contributed by atoms with van der Waals surface area (Å²) < 4.78 is 12.8. The number of benzene rings is 1. The van der Waals surface area contributed by atoms with Gasteiger partial charge in [0.2, 0.25) is 0 Å². The number of aliphatic carboxylic acids is 1. The number of aromatic nitrogens is 2. The Morgan fingerprint density at radius 2 is 1.89 bits per heavy atom. The predicted octanol–water partition coefficient (Wildman–Crippen LogP) is 2.71. The molecule has 1 N–H and O–H groups in total. The standard InChI is InChI=1S/C12H11FN2O2S/c1-12(2,11(16)17)10-15-14-9(18-10)7-3-5-8(13)6-4-7/h3-6H,1-2H3,(H,16,17). The molecule has 2 aromatic rings. The lowest BCUT2D eigenvalue weighted by Crippen LogP contribution is -2.28. The molecule has 4 nitrogen and oxygen atoms in total. The highest BCUT2D eigenvalue weighted by Gasteiger charge is 2.33. The molecule has 0 aliphatic rings. The minimum atomic E-state index is -1.07. The summed E-state index contributed by atoms with van der Waals surface area (Å²) in [4.78, 5) is 11.1. The van der Waals surface area contributed by atoms with Gasteiger partial charge in [-0.2, -0.15) is 0 Å².